The van der Waals surface area contributed by atoms with Gasteiger partial charge < -0.3 is 10.2 Å². The van der Waals surface area contributed by atoms with Gasteiger partial charge in [-0.3, -0.25) is 0 Å². The highest BCUT2D eigenvalue weighted by molar-refractivity contribution is 6.35. The van der Waals surface area contributed by atoms with Gasteiger partial charge >= 0.3 is 6.03 Å². The molecule has 0 aliphatic heterocycles. The van der Waals surface area contributed by atoms with E-state index in [2.05, 4.69) is 19.2 Å². The average molecular weight is 317 g/mol. The third-order valence-electron chi connectivity index (χ3n) is 2.96. The first kappa shape index (κ1) is 17.1. The van der Waals surface area contributed by atoms with Gasteiger partial charge in [-0.2, -0.15) is 0 Å². The van der Waals surface area contributed by atoms with Crippen LogP contribution in [0.5, 0.6) is 0 Å². The van der Waals surface area contributed by atoms with Gasteiger partial charge in [0.05, 0.1) is 0 Å². The minimum absolute atomic E-state index is 0.00112. The van der Waals surface area contributed by atoms with E-state index in [1.807, 2.05) is 17.0 Å². The van der Waals surface area contributed by atoms with E-state index in [1.165, 1.54) is 0 Å². The van der Waals surface area contributed by atoms with E-state index in [4.69, 9.17) is 23.2 Å². The minimum Gasteiger partial charge on any atom is -0.338 e. The number of benzene rings is 1. The van der Waals surface area contributed by atoms with Gasteiger partial charge in [-0.05, 0) is 37.0 Å². The Morgan fingerprint density at radius 2 is 1.85 bits per heavy atom. The van der Waals surface area contributed by atoms with Crippen molar-refractivity contribution in [3.63, 3.8) is 0 Å². The number of halogens is 2. The van der Waals surface area contributed by atoms with Crippen LogP contribution >= 0.6 is 23.2 Å². The van der Waals surface area contributed by atoms with Crippen molar-refractivity contribution in [2.75, 3.05) is 19.6 Å². The van der Waals surface area contributed by atoms with Gasteiger partial charge in [0, 0.05) is 29.7 Å². The lowest BCUT2D eigenvalue weighted by Gasteiger charge is -2.21. The van der Waals surface area contributed by atoms with Crippen LogP contribution in [0.3, 0.4) is 0 Å². The quantitative estimate of drug-likeness (QED) is 0.796. The first-order valence-electron chi connectivity index (χ1n) is 7.05. The SMILES string of the molecule is CCCN(CCC)C(=O)NCCc1ccc(Cl)cc1Cl. The molecule has 1 rings (SSSR count). The smallest absolute Gasteiger partial charge is 0.317 e. The molecule has 0 aromatic heterocycles. The van der Waals surface area contributed by atoms with Gasteiger partial charge in [0.25, 0.3) is 0 Å². The summed E-state index contributed by atoms with van der Waals surface area (Å²) in [7, 11) is 0. The molecule has 1 N–H and O–H groups in total. The normalized spacial score (nSPS) is 10.4. The molecule has 0 heterocycles. The standard InChI is InChI=1S/C15H22Cl2N2O/c1-3-9-19(10-4-2)15(20)18-8-7-12-5-6-13(16)11-14(12)17/h5-6,11H,3-4,7-10H2,1-2H3,(H,18,20). The third kappa shape index (κ3) is 5.59. The van der Waals surface area contributed by atoms with Crippen LogP contribution in [0.4, 0.5) is 4.79 Å². The first-order valence-corrected chi connectivity index (χ1v) is 7.80. The van der Waals surface area contributed by atoms with Gasteiger partial charge in [0.1, 0.15) is 0 Å². The van der Waals surface area contributed by atoms with Crippen LogP contribution in [0, 0.1) is 0 Å². The van der Waals surface area contributed by atoms with E-state index in [9.17, 15) is 4.79 Å². The second kappa shape index (κ2) is 9.09. The Labute approximate surface area is 131 Å². The zero-order valence-electron chi connectivity index (χ0n) is 12.1. The largest absolute Gasteiger partial charge is 0.338 e. The Bertz CT molecular complexity index is 432. The Hall–Kier alpha value is -0.930. The zero-order valence-corrected chi connectivity index (χ0v) is 13.6. The van der Waals surface area contributed by atoms with Gasteiger partial charge in [-0.25, -0.2) is 4.79 Å². The molecule has 0 atom stereocenters. The Kier molecular flexibility index (Phi) is 7.78. The van der Waals surface area contributed by atoms with Crippen LogP contribution in [0.2, 0.25) is 10.0 Å². The van der Waals surface area contributed by atoms with Gasteiger partial charge in [0.2, 0.25) is 0 Å². The van der Waals surface area contributed by atoms with E-state index in [-0.39, 0.29) is 6.03 Å². The highest BCUT2D eigenvalue weighted by atomic mass is 35.5. The number of carbonyl (C=O) groups excluding carboxylic acids is 1. The number of rotatable bonds is 7. The van der Waals surface area contributed by atoms with E-state index in [0.717, 1.165) is 31.5 Å². The van der Waals surface area contributed by atoms with E-state index < -0.39 is 0 Å². The first-order chi connectivity index (χ1) is 9.58. The molecule has 0 aliphatic carbocycles. The van der Waals surface area contributed by atoms with Crippen LogP contribution in [0.25, 0.3) is 0 Å². The van der Waals surface area contributed by atoms with Crippen molar-refractivity contribution in [3.8, 4) is 0 Å². The highest BCUT2D eigenvalue weighted by Crippen LogP contribution is 2.21. The number of urea groups is 1. The minimum atomic E-state index is -0.00112. The summed E-state index contributed by atoms with van der Waals surface area (Å²) in [6.07, 6.45) is 2.64. The zero-order chi connectivity index (χ0) is 15.0. The maximum Gasteiger partial charge on any atom is 0.317 e. The lowest BCUT2D eigenvalue weighted by molar-refractivity contribution is 0.198. The second-order valence-corrected chi connectivity index (χ2v) is 5.55. The molecule has 0 saturated carbocycles. The summed E-state index contributed by atoms with van der Waals surface area (Å²) in [6.45, 7) is 6.31. The monoisotopic (exact) mass is 316 g/mol. The van der Waals surface area contributed by atoms with Crippen molar-refractivity contribution in [2.45, 2.75) is 33.1 Å². The Morgan fingerprint density at radius 3 is 2.40 bits per heavy atom. The molecule has 0 saturated heterocycles. The van der Waals surface area contributed by atoms with Crippen molar-refractivity contribution in [1.82, 2.24) is 10.2 Å². The number of nitrogens with one attached hydrogen (secondary N) is 1. The van der Waals surface area contributed by atoms with Crippen molar-refractivity contribution < 1.29 is 4.79 Å². The number of hydrogen-bond donors (Lipinski definition) is 1. The molecular formula is C15H22Cl2N2O. The number of hydrogen-bond acceptors (Lipinski definition) is 1. The van der Waals surface area contributed by atoms with Gasteiger partial charge in [0.15, 0.2) is 0 Å². The number of carbonyl (C=O) groups is 1. The fourth-order valence-electron chi connectivity index (χ4n) is 2.00. The van der Waals surface area contributed by atoms with Crippen molar-refractivity contribution >= 4 is 29.2 Å². The Morgan fingerprint density at radius 1 is 1.20 bits per heavy atom. The van der Waals surface area contributed by atoms with Crippen LogP contribution in [-0.4, -0.2) is 30.6 Å². The second-order valence-electron chi connectivity index (χ2n) is 4.70. The van der Waals surface area contributed by atoms with Gasteiger partial charge in [-0.1, -0.05) is 43.1 Å². The fourth-order valence-corrected chi connectivity index (χ4v) is 2.50. The van der Waals surface area contributed by atoms with Crippen LogP contribution in [0.15, 0.2) is 18.2 Å². The molecule has 0 bridgehead atoms. The van der Waals surface area contributed by atoms with E-state index in [1.54, 1.807) is 6.07 Å². The lowest BCUT2D eigenvalue weighted by atomic mass is 10.1. The molecule has 0 spiro atoms. The predicted molar refractivity (Wildman–Crippen MR) is 85.7 cm³/mol. The van der Waals surface area contributed by atoms with E-state index in [0.29, 0.717) is 23.0 Å². The molecular weight excluding hydrogens is 295 g/mol. The summed E-state index contributed by atoms with van der Waals surface area (Å²) < 4.78 is 0. The maximum absolute atomic E-state index is 12.0. The third-order valence-corrected chi connectivity index (χ3v) is 3.55. The fraction of sp³-hybridized carbons (Fsp3) is 0.533. The predicted octanol–water partition coefficient (Wildman–Crippen LogP) is 4.37. The molecule has 3 nitrogen and oxygen atoms in total. The molecule has 5 heteroatoms. The van der Waals surface area contributed by atoms with E-state index >= 15 is 0 Å². The molecule has 0 radical (unpaired) electrons. The highest BCUT2D eigenvalue weighted by Gasteiger charge is 2.10. The van der Waals surface area contributed by atoms with Gasteiger partial charge in [-0.15, -0.1) is 0 Å². The topological polar surface area (TPSA) is 32.3 Å². The Balaban J connectivity index is 2.44. The molecule has 0 aliphatic rings. The summed E-state index contributed by atoms with van der Waals surface area (Å²) in [6, 6.07) is 5.43. The number of amides is 2. The molecule has 2 amide bonds. The maximum atomic E-state index is 12.0. The number of nitrogens with zero attached hydrogens (tertiary/aromatic N) is 1. The average Bonchev–Trinajstić information content (AvgIpc) is 2.41. The van der Waals surface area contributed by atoms with Crippen LogP contribution < -0.4 is 5.32 Å². The molecule has 1 aromatic carbocycles. The lowest BCUT2D eigenvalue weighted by Crippen LogP contribution is -2.41. The summed E-state index contributed by atoms with van der Waals surface area (Å²) in [4.78, 5) is 13.9. The van der Waals surface area contributed by atoms with Crippen molar-refractivity contribution in [3.05, 3.63) is 33.8 Å². The molecule has 0 fully saturated rings. The summed E-state index contributed by atoms with van der Waals surface area (Å²) >= 11 is 12.0. The van der Waals surface area contributed by atoms with Crippen LogP contribution in [0.1, 0.15) is 32.3 Å². The van der Waals surface area contributed by atoms with Crippen LogP contribution in [-0.2, 0) is 6.42 Å². The summed E-state index contributed by atoms with van der Waals surface area (Å²) in [5.41, 5.74) is 0.994. The van der Waals surface area contributed by atoms with Crippen molar-refractivity contribution in [2.24, 2.45) is 0 Å². The summed E-state index contributed by atoms with van der Waals surface area (Å²) in [5.74, 6) is 0. The van der Waals surface area contributed by atoms with Crippen molar-refractivity contribution in [1.29, 1.82) is 0 Å². The molecule has 0 unspecified atom stereocenters. The molecule has 20 heavy (non-hydrogen) atoms. The molecule has 1 aromatic rings. The molecule has 112 valence electrons. The summed E-state index contributed by atoms with van der Waals surface area (Å²) in [5, 5.41) is 4.21.